The molecule has 0 atom stereocenters. The van der Waals surface area contributed by atoms with Crippen LogP contribution < -0.4 is 4.74 Å². The third-order valence-corrected chi connectivity index (χ3v) is 5.58. The first-order valence-electron chi connectivity index (χ1n) is 7.87. The molecule has 0 aliphatic heterocycles. The predicted molar refractivity (Wildman–Crippen MR) is 95.0 cm³/mol. The molecule has 0 heterocycles. The maximum atomic E-state index is 14.6. The molecule has 138 valence electrons. The minimum atomic E-state index is -4.04. The Hall–Kier alpha value is -3.06. The van der Waals surface area contributed by atoms with Crippen molar-refractivity contribution in [2.75, 3.05) is 0 Å². The van der Waals surface area contributed by atoms with Crippen LogP contribution in [0.5, 0.6) is 5.75 Å². The molecule has 0 bridgehead atoms. The van der Waals surface area contributed by atoms with Gasteiger partial charge < -0.3 is 4.74 Å². The number of sulfone groups is 1. The Morgan fingerprint density at radius 2 is 1.63 bits per heavy atom. The van der Waals surface area contributed by atoms with Crippen molar-refractivity contribution in [2.24, 2.45) is 0 Å². The van der Waals surface area contributed by atoms with Crippen LogP contribution >= 0.6 is 0 Å². The zero-order valence-electron chi connectivity index (χ0n) is 14.1. The number of esters is 1. The van der Waals surface area contributed by atoms with Crippen molar-refractivity contribution in [3.05, 3.63) is 78.4 Å². The van der Waals surface area contributed by atoms with Crippen LogP contribution in [-0.2, 0) is 14.6 Å². The summed E-state index contributed by atoms with van der Waals surface area (Å²) in [6, 6.07) is 14.3. The molecule has 0 fully saturated rings. The second-order valence-corrected chi connectivity index (χ2v) is 7.61. The van der Waals surface area contributed by atoms with E-state index in [1.807, 2.05) is 0 Å². The Morgan fingerprint density at radius 3 is 2.26 bits per heavy atom. The summed E-state index contributed by atoms with van der Waals surface area (Å²) >= 11 is 0. The number of hydrogen-bond donors (Lipinski definition) is 0. The Bertz CT molecular complexity index is 1110. The second-order valence-electron chi connectivity index (χ2n) is 5.70. The lowest BCUT2D eigenvalue weighted by molar-refractivity contribution is -0.131. The molecule has 27 heavy (non-hydrogen) atoms. The van der Waals surface area contributed by atoms with Crippen molar-refractivity contribution in [3.8, 4) is 16.9 Å². The summed E-state index contributed by atoms with van der Waals surface area (Å²) in [6.45, 7) is 1.18. The van der Waals surface area contributed by atoms with Crippen molar-refractivity contribution < 1.29 is 26.7 Å². The summed E-state index contributed by atoms with van der Waals surface area (Å²) in [5.74, 6) is -2.18. The molecule has 0 aliphatic rings. The molecule has 0 unspecified atom stereocenters. The van der Waals surface area contributed by atoms with E-state index >= 15 is 0 Å². The molecule has 0 aliphatic carbocycles. The van der Waals surface area contributed by atoms with E-state index < -0.39 is 32.3 Å². The fourth-order valence-corrected chi connectivity index (χ4v) is 3.92. The fraction of sp³-hybridized carbons (Fsp3) is 0.0500. The highest BCUT2D eigenvalue weighted by molar-refractivity contribution is 7.91. The third-order valence-electron chi connectivity index (χ3n) is 3.78. The zero-order valence-corrected chi connectivity index (χ0v) is 15.0. The highest BCUT2D eigenvalue weighted by Gasteiger charge is 2.22. The van der Waals surface area contributed by atoms with Gasteiger partial charge in [-0.05, 0) is 48.0 Å². The zero-order chi connectivity index (χ0) is 19.6. The molecule has 0 saturated carbocycles. The van der Waals surface area contributed by atoms with E-state index in [-0.39, 0.29) is 21.8 Å². The smallest absolute Gasteiger partial charge is 0.308 e. The molecule has 0 saturated heterocycles. The fourth-order valence-electron chi connectivity index (χ4n) is 2.58. The van der Waals surface area contributed by atoms with Crippen molar-refractivity contribution in [1.82, 2.24) is 0 Å². The van der Waals surface area contributed by atoms with Crippen molar-refractivity contribution in [1.29, 1.82) is 0 Å². The van der Waals surface area contributed by atoms with Crippen LogP contribution in [0, 0.1) is 11.6 Å². The average molecular weight is 388 g/mol. The standard InChI is InChI=1S/C20H14F2O4S/c1-13(23)26-19-9-8-15(21)12-17(19)14-7-10-20(18(22)11-14)27(24,25)16-5-3-2-4-6-16/h2-12H,1H3. The average Bonchev–Trinajstić information content (AvgIpc) is 2.63. The van der Waals surface area contributed by atoms with Crippen LogP contribution in [0.4, 0.5) is 8.78 Å². The first-order chi connectivity index (χ1) is 12.8. The van der Waals surface area contributed by atoms with E-state index in [0.29, 0.717) is 0 Å². The number of halogens is 2. The van der Waals surface area contributed by atoms with E-state index in [1.54, 1.807) is 6.07 Å². The van der Waals surface area contributed by atoms with Gasteiger partial charge in [-0.25, -0.2) is 17.2 Å². The first-order valence-corrected chi connectivity index (χ1v) is 9.35. The van der Waals surface area contributed by atoms with E-state index in [4.69, 9.17) is 4.74 Å². The van der Waals surface area contributed by atoms with Gasteiger partial charge in [-0.2, -0.15) is 0 Å². The maximum absolute atomic E-state index is 14.6. The summed E-state index contributed by atoms with van der Waals surface area (Å²) in [6.07, 6.45) is 0. The largest absolute Gasteiger partial charge is 0.426 e. The van der Waals surface area contributed by atoms with Crippen LogP contribution in [0.15, 0.2) is 76.5 Å². The summed E-state index contributed by atoms with van der Waals surface area (Å²) in [7, 11) is -4.04. The minimum absolute atomic E-state index is 0.0389. The molecule has 4 nitrogen and oxygen atoms in total. The normalized spacial score (nSPS) is 11.2. The maximum Gasteiger partial charge on any atom is 0.308 e. The molecule has 0 aromatic heterocycles. The number of benzene rings is 3. The molecular weight excluding hydrogens is 374 g/mol. The number of rotatable bonds is 4. The van der Waals surface area contributed by atoms with Gasteiger partial charge in [0.2, 0.25) is 9.84 Å². The predicted octanol–water partition coefficient (Wildman–Crippen LogP) is 4.39. The minimum Gasteiger partial charge on any atom is -0.426 e. The molecule has 3 aromatic carbocycles. The van der Waals surface area contributed by atoms with Crippen molar-refractivity contribution in [3.63, 3.8) is 0 Å². The van der Waals surface area contributed by atoms with E-state index in [2.05, 4.69) is 0 Å². The highest BCUT2D eigenvalue weighted by atomic mass is 32.2. The Balaban J connectivity index is 2.09. The van der Waals surface area contributed by atoms with E-state index in [0.717, 1.165) is 24.3 Å². The second kappa shape index (κ2) is 7.28. The Morgan fingerprint density at radius 1 is 0.926 bits per heavy atom. The molecule has 0 spiro atoms. The summed E-state index contributed by atoms with van der Waals surface area (Å²) in [5.41, 5.74) is 0.308. The third kappa shape index (κ3) is 3.88. The van der Waals surface area contributed by atoms with E-state index in [9.17, 15) is 22.0 Å². The molecular formula is C20H14F2O4S. The molecule has 3 rings (SSSR count). The van der Waals surface area contributed by atoms with Crippen LogP contribution in [0.1, 0.15) is 6.92 Å². The van der Waals surface area contributed by atoms with Gasteiger partial charge in [-0.3, -0.25) is 4.79 Å². The van der Waals surface area contributed by atoms with E-state index in [1.165, 1.54) is 43.3 Å². The highest BCUT2D eigenvalue weighted by Crippen LogP contribution is 2.33. The van der Waals surface area contributed by atoms with Crippen molar-refractivity contribution >= 4 is 15.8 Å². The number of carbonyl (C=O) groups is 1. The topological polar surface area (TPSA) is 60.4 Å². The van der Waals surface area contributed by atoms with Crippen LogP contribution in [-0.4, -0.2) is 14.4 Å². The van der Waals surface area contributed by atoms with Gasteiger partial charge in [-0.1, -0.05) is 24.3 Å². The van der Waals surface area contributed by atoms with Gasteiger partial charge in [0.25, 0.3) is 0 Å². The van der Waals surface area contributed by atoms with Gasteiger partial charge in [0.05, 0.1) is 4.90 Å². The van der Waals surface area contributed by atoms with Crippen LogP contribution in [0.2, 0.25) is 0 Å². The quantitative estimate of drug-likeness (QED) is 0.491. The molecule has 0 N–H and O–H groups in total. The van der Waals surface area contributed by atoms with Gasteiger partial charge in [-0.15, -0.1) is 0 Å². The summed E-state index contributed by atoms with van der Waals surface area (Å²) < 4.78 is 58.5. The molecule has 3 aromatic rings. The summed E-state index contributed by atoms with van der Waals surface area (Å²) in [5, 5.41) is 0. The van der Waals surface area contributed by atoms with Gasteiger partial charge >= 0.3 is 5.97 Å². The summed E-state index contributed by atoms with van der Waals surface area (Å²) in [4.78, 5) is 10.7. The number of ether oxygens (including phenoxy) is 1. The van der Waals surface area contributed by atoms with Crippen LogP contribution in [0.3, 0.4) is 0 Å². The molecule has 7 heteroatoms. The van der Waals surface area contributed by atoms with Crippen molar-refractivity contribution in [2.45, 2.75) is 16.7 Å². The Labute approximate surface area is 155 Å². The van der Waals surface area contributed by atoms with Gasteiger partial charge in [0, 0.05) is 12.5 Å². The lowest BCUT2D eigenvalue weighted by Crippen LogP contribution is -2.05. The Kier molecular flexibility index (Phi) is 5.05. The first kappa shape index (κ1) is 18.7. The lowest BCUT2D eigenvalue weighted by Gasteiger charge is -2.11. The molecule has 0 amide bonds. The monoisotopic (exact) mass is 388 g/mol. The van der Waals surface area contributed by atoms with Gasteiger partial charge in [0.15, 0.2) is 0 Å². The number of hydrogen-bond acceptors (Lipinski definition) is 4. The SMILES string of the molecule is CC(=O)Oc1ccc(F)cc1-c1ccc(S(=O)(=O)c2ccccc2)c(F)c1. The van der Waals surface area contributed by atoms with Gasteiger partial charge in [0.1, 0.15) is 22.3 Å². The number of carbonyl (C=O) groups excluding carboxylic acids is 1. The molecule has 0 radical (unpaired) electrons. The lowest BCUT2D eigenvalue weighted by atomic mass is 10.0. The van der Waals surface area contributed by atoms with Crippen LogP contribution in [0.25, 0.3) is 11.1 Å².